The average molecular weight is 214 g/mol. The zero-order chi connectivity index (χ0) is 11.0. The minimum absolute atomic E-state index is 0.00634. The SMILES string of the molecule is CC(=O)O[C@@H]1C[C@@H]2OC(=O)C[C@@H]2C1CO. The molecule has 1 unspecified atom stereocenters. The van der Waals surface area contributed by atoms with Gasteiger partial charge in [0.05, 0.1) is 6.42 Å². The zero-order valence-electron chi connectivity index (χ0n) is 8.51. The molecule has 1 aliphatic carbocycles. The number of hydrogen-bond donors (Lipinski definition) is 1. The molecule has 0 spiro atoms. The normalized spacial score (nSPS) is 38.7. The van der Waals surface area contributed by atoms with Crippen LogP contribution in [0.3, 0.4) is 0 Å². The molecule has 5 nitrogen and oxygen atoms in total. The Morgan fingerprint density at radius 1 is 1.67 bits per heavy atom. The van der Waals surface area contributed by atoms with Crippen LogP contribution in [0.5, 0.6) is 0 Å². The van der Waals surface area contributed by atoms with Crippen LogP contribution in [0.25, 0.3) is 0 Å². The Labute approximate surface area is 87.4 Å². The van der Waals surface area contributed by atoms with Gasteiger partial charge in [0.1, 0.15) is 12.2 Å². The average Bonchev–Trinajstić information content (AvgIpc) is 2.59. The fourth-order valence-corrected chi connectivity index (χ4v) is 2.56. The summed E-state index contributed by atoms with van der Waals surface area (Å²) in [5.41, 5.74) is 0. The van der Waals surface area contributed by atoms with E-state index in [1.54, 1.807) is 0 Å². The van der Waals surface area contributed by atoms with Crippen LogP contribution in [-0.2, 0) is 19.1 Å². The standard InChI is InChI=1S/C10H14O5/c1-5(12)14-9-3-8-6(7(9)4-11)2-10(13)15-8/h6-9,11H,2-4H2,1H3/t6-,7?,8+,9-/m1/s1. The van der Waals surface area contributed by atoms with Gasteiger partial charge < -0.3 is 14.6 Å². The Morgan fingerprint density at radius 2 is 2.40 bits per heavy atom. The van der Waals surface area contributed by atoms with Gasteiger partial charge in [-0.2, -0.15) is 0 Å². The van der Waals surface area contributed by atoms with Crippen LogP contribution < -0.4 is 0 Å². The van der Waals surface area contributed by atoms with Gasteiger partial charge in [0.25, 0.3) is 0 Å². The van der Waals surface area contributed by atoms with Crippen molar-refractivity contribution in [3.05, 3.63) is 0 Å². The number of aliphatic hydroxyl groups excluding tert-OH is 1. The van der Waals surface area contributed by atoms with E-state index in [-0.39, 0.29) is 42.6 Å². The van der Waals surface area contributed by atoms with Crippen molar-refractivity contribution in [2.75, 3.05) is 6.61 Å². The van der Waals surface area contributed by atoms with E-state index in [1.165, 1.54) is 6.92 Å². The van der Waals surface area contributed by atoms with Crippen LogP contribution in [0, 0.1) is 11.8 Å². The molecule has 5 heteroatoms. The van der Waals surface area contributed by atoms with E-state index in [9.17, 15) is 14.7 Å². The Hall–Kier alpha value is -1.10. The second-order valence-corrected chi connectivity index (χ2v) is 4.13. The van der Waals surface area contributed by atoms with Crippen LogP contribution in [0.4, 0.5) is 0 Å². The largest absolute Gasteiger partial charge is 0.462 e. The maximum atomic E-state index is 11.0. The van der Waals surface area contributed by atoms with Gasteiger partial charge in [-0.15, -0.1) is 0 Å². The highest BCUT2D eigenvalue weighted by molar-refractivity contribution is 5.72. The molecule has 1 saturated heterocycles. The Kier molecular flexibility index (Phi) is 2.65. The summed E-state index contributed by atoms with van der Waals surface area (Å²) in [4.78, 5) is 21.9. The number of aliphatic hydroxyl groups is 1. The van der Waals surface area contributed by atoms with Crippen molar-refractivity contribution in [1.82, 2.24) is 0 Å². The molecule has 15 heavy (non-hydrogen) atoms. The molecular weight excluding hydrogens is 200 g/mol. The van der Waals surface area contributed by atoms with E-state index in [0.717, 1.165) is 0 Å². The van der Waals surface area contributed by atoms with Gasteiger partial charge in [-0.05, 0) is 0 Å². The predicted molar refractivity (Wildman–Crippen MR) is 48.7 cm³/mol. The summed E-state index contributed by atoms with van der Waals surface area (Å²) in [6.07, 6.45) is 0.351. The Bertz CT molecular complexity index is 288. The van der Waals surface area contributed by atoms with Gasteiger partial charge in [0, 0.05) is 31.8 Å². The van der Waals surface area contributed by atoms with Crippen molar-refractivity contribution < 1.29 is 24.2 Å². The maximum absolute atomic E-state index is 11.0. The van der Waals surface area contributed by atoms with Crippen LogP contribution in [0.2, 0.25) is 0 Å². The van der Waals surface area contributed by atoms with Crippen molar-refractivity contribution in [3.8, 4) is 0 Å². The van der Waals surface area contributed by atoms with E-state index >= 15 is 0 Å². The van der Waals surface area contributed by atoms with Gasteiger partial charge >= 0.3 is 11.9 Å². The second-order valence-electron chi connectivity index (χ2n) is 4.13. The van der Waals surface area contributed by atoms with E-state index in [4.69, 9.17) is 9.47 Å². The molecule has 2 fully saturated rings. The quantitative estimate of drug-likeness (QED) is 0.648. The summed E-state index contributed by atoms with van der Waals surface area (Å²) in [7, 11) is 0. The van der Waals surface area contributed by atoms with Gasteiger partial charge in [-0.1, -0.05) is 0 Å². The number of esters is 2. The molecule has 0 bridgehead atoms. The molecule has 1 saturated carbocycles. The fourth-order valence-electron chi connectivity index (χ4n) is 2.56. The topological polar surface area (TPSA) is 72.8 Å². The monoisotopic (exact) mass is 214 g/mol. The molecule has 2 aliphatic rings. The van der Waals surface area contributed by atoms with Crippen LogP contribution >= 0.6 is 0 Å². The third-order valence-electron chi connectivity index (χ3n) is 3.18. The van der Waals surface area contributed by atoms with Crippen molar-refractivity contribution in [2.45, 2.75) is 32.0 Å². The second kappa shape index (κ2) is 3.81. The fraction of sp³-hybridized carbons (Fsp3) is 0.800. The summed E-state index contributed by atoms with van der Waals surface area (Å²) in [5.74, 6) is -0.730. The minimum Gasteiger partial charge on any atom is -0.462 e. The first-order chi connectivity index (χ1) is 7.11. The molecule has 84 valence electrons. The minimum atomic E-state index is -0.357. The lowest BCUT2D eigenvalue weighted by Crippen LogP contribution is -2.27. The van der Waals surface area contributed by atoms with Crippen molar-refractivity contribution in [3.63, 3.8) is 0 Å². The molecule has 1 heterocycles. The third-order valence-corrected chi connectivity index (χ3v) is 3.18. The first kappa shape index (κ1) is 10.4. The molecule has 1 aliphatic heterocycles. The molecule has 2 rings (SSSR count). The maximum Gasteiger partial charge on any atom is 0.306 e. The number of carbonyl (C=O) groups is 2. The van der Waals surface area contributed by atoms with Gasteiger partial charge in [-0.25, -0.2) is 0 Å². The highest BCUT2D eigenvalue weighted by atomic mass is 16.6. The van der Waals surface area contributed by atoms with E-state index < -0.39 is 0 Å². The van der Waals surface area contributed by atoms with Crippen LogP contribution in [-0.4, -0.2) is 35.9 Å². The smallest absolute Gasteiger partial charge is 0.306 e. The zero-order valence-corrected chi connectivity index (χ0v) is 8.51. The van der Waals surface area contributed by atoms with Gasteiger partial charge in [0.15, 0.2) is 0 Å². The Balaban J connectivity index is 2.06. The van der Waals surface area contributed by atoms with Crippen molar-refractivity contribution in [2.24, 2.45) is 11.8 Å². The summed E-state index contributed by atoms with van der Waals surface area (Å²) >= 11 is 0. The lowest BCUT2D eigenvalue weighted by Gasteiger charge is -2.19. The summed E-state index contributed by atoms with van der Waals surface area (Å²) < 4.78 is 10.2. The number of ether oxygens (including phenoxy) is 2. The molecule has 0 radical (unpaired) electrons. The predicted octanol–water partition coefficient (Wildman–Crippen LogP) is -0.138. The van der Waals surface area contributed by atoms with Crippen LogP contribution in [0.15, 0.2) is 0 Å². The molecular formula is C10H14O5. The summed E-state index contributed by atoms with van der Waals surface area (Å²) in [5, 5.41) is 9.22. The van der Waals surface area contributed by atoms with E-state index in [0.29, 0.717) is 12.8 Å². The lowest BCUT2D eigenvalue weighted by molar-refractivity contribution is -0.150. The third kappa shape index (κ3) is 1.84. The lowest BCUT2D eigenvalue weighted by atomic mass is 9.93. The number of hydrogen-bond acceptors (Lipinski definition) is 5. The van der Waals surface area contributed by atoms with Gasteiger partial charge in [-0.3, -0.25) is 9.59 Å². The highest BCUT2D eigenvalue weighted by Gasteiger charge is 2.51. The van der Waals surface area contributed by atoms with Gasteiger partial charge in [0.2, 0.25) is 0 Å². The first-order valence-corrected chi connectivity index (χ1v) is 5.09. The molecule has 0 amide bonds. The molecule has 0 aromatic rings. The van der Waals surface area contributed by atoms with Crippen molar-refractivity contribution in [1.29, 1.82) is 0 Å². The van der Waals surface area contributed by atoms with Crippen molar-refractivity contribution >= 4 is 11.9 Å². The van der Waals surface area contributed by atoms with E-state index in [1.807, 2.05) is 0 Å². The highest BCUT2D eigenvalue weighted by Crippen LogP contribution is 2.42. The summed E-state index contributed by atoms with van der Waals surface area (Å²) in [6.45, 7) is 1.27. The molecule has 4 atom stereocenters. The number of fused-ring (bicyclic) bond motifs is 1. The number of carbonyl (C=O) groups excluding carboxylic acids is 2. The number of rotatable bonds is 2. The molecule has 0 aromatic carbocycles. The molecule has 1 N–H and O–H groups in total. The van der Waals surface area contributed by atoms with E-state index in [2.05, 4.69) is 0 Å². The van der Waals surface area contributed by atoms with Crippen LogP contribution in [0.1, 0.15) is 19.8 Å². The first-order valence-electron chi connectivity index (χ1n) is 5.09. The molecule has 0 aromatic heterocycles. The summed E-state index contributed by atoms with van der Waals surface area (Å²) in [6, 6.07) is 0. The Morgan fingerprint density at radius 3 is 3.00 bits per heavy atom.